The van der Waals surface area contributed by atoms with E-state index in [2.05, 4.69) is 26.1 Å². The second-order valence-electron chi connectivity index (χ2n) is 7.71. The lowest BCUT2D eigenvalue weighted by Gasteiger charge is -2.35. The third-order valence-corrected chi connectivity index (χ3v) is 5.41. The molecule has 1 aliphatic heterocycles. The number of nitrogens with zero attached hydrogens (tertiary/aromatic N) is 1. The molecule has 1 aromatic carbocycles. The number of carbonyl (C=O) groups excluding carboxylic acids is 2. The Labute approximate surface area is 152 Å². The van der Waals surface area contributed by atoms with Gasteiger partial charge < -0.3 is 10.2 Å². The Hall–Kier alpha value is -1.84. The minimum atomic E-state index is -1.06. The molecule has 0 spiro atoms. The molecule has 0 atom stereocenters. The number of benzene rings is 1. The molecule has 1 aliphatic rings. The number of piperidine rings is 1. The third-order valence-electron chi connectivity index (χ3n) is 5.41. The fourth-order valence-electron chi connectivity index (χ4n) is 3.38. The summed E-state index contributed by atoms with van der Waals surface area (Å²) in [6, 6.07) is 6.10. The SMILES string of the molecule is CCc1cccc(CC)c1NC(=O)C(C)(C)C(=O)N1CCC(C)CC1. The normalized spacial score (nSPS) is 16.0. The molecular formula is C21H32N2O2. The van der Waals surface area contributed by atoms with Crippen LogP contribution in [0, 0.1) is 11.3 Å². The summed E-state index contributed by atoms with van der Waals surface area (Å²) in [6.45, 7) is 11.4. The average molecular weight is 344 g/mol. The molecule has 1 aromatic rings. The van der Waals surface area contributed by atoms with E-state index in [-0.39, 0.29) is 11.8 Å². The van der Waals surface area contributed by atoms with Crippen molar-refractivity contribution in [2.45, 2.75) is 60.3 Å². The summed E-state index contributed by atoms with van der Waals surface area (Å²) in [7, 11) is 0. The zero-order chi connectivity index (χ0) is 18.6. The summed E-state index contributed by atoms with van der Waals surface area (Å²) < 4.78 is 0. The van der Waals surface area contributed by atoms with Crippen LogP contribution < -0.4 is 5.32 Å². The Morgan fingerprint density at radius 1 is 1.12 bits per heavy atom. The monoisotopic (exact) mass is 344 g/mol. The molecule has 1 saturated heterocycles. The highest BCUT2D eigenvalue weighted by Crippen LogP contribution is 2.28. The van der Waals surface area contributed by atoms with Gasteiger partial charge in [0.05, 0.1) is 0 Å². The number of para-hydroxylation sites is 1. The molecule has 0 radical (unpaired) electrons. The Bertz CT molecular complexity index is 607. The van der Waals surface area contributed by atoms with Gasteiger partial charge in [-0.15, -0.1) is 0 Å². The highest BCUT2D eigenvalue weighted by molar-refractivity contribution is 6.10. The summed E-state index contributed by atoms with van der Waals surface area (Å²) in [6.07, 6.45) is 3.73. The summed E-state index contributed by atoms with van der Waals surface area (Å²) >= 11 is 0. The molecule has 1 heterocycles. The predicted molar refractivity (Wildman–Crippen MR) is 103 cm³/mol. The lowest BCUT2D eigenvalue weighted by atomic mass is 9.88. The lowest BCUT2D eigenvalue weighted by molar-refractivity contribution is -0.147. The number of anilines is 1. The number of likely N-dealkylation sites (tertiary alicyclic amines) is 1. The van der Waals surface area contributed by atoms with Crippen molar-refractivity contribution in [1.82, 2.24) is 4.90 Å². The Kier molecular flexibility index (Phi) is 6.26. The largest absolute Gasteiger partial charge is 0.342 e. The Balaban J connectivity index is 2.18. The first kappa shape index (κ1) is 19.5. The van der Waals surface area contributed by atoms with Crippen molar-refractivity contribution in [1.29, 1.82) is 0 Å². The molecule has 138 valence electrons. The van der Waals surface area contributed by atoms with Crippen molar-refractivity contribution in [3.8, 4) is 0 Å². The summed E-state index contributed by atoms with van der Waals surface area (Å²) in [5, 5.41) is 3.06. The van der Waals surface area contributed by atoms with Gasteiger partial charge in [0.2, 0.25) is 11.8 Å². The minimum absolute atomic E-state index is 0.0658. The van der Waals surface area contributed by atoms with Crippen molar-refractivity contribution in [3.63, 3.8) is 0 Å². The van der Waals surface area contributed by atoms with E-state index >= 15 is 0 Å². The summed E-state index contributed by atoms with van der Waals surface area (Å²) in [5.41, 5.74) is 2.04. The van der Waals surface area contributed by atoms with E-state index in [1.54, 1.807) is 13.8 Å². The highest BCUT2D eigenvalue weighted by Gasteiger charge is 2.40. The Morgan fingerprint density at radius 2 is 1.64 bits per heavy atom. The van der Waals surface area contributed by atoms with Crippen molar-refractivity contribution in [3.05, 3.63) is 29.3 Å². The van der Waals surface area contributed by atoms with Crippen LogP contribution in [0.25, 0.3) is 0 Å². The van der Waals surface area contributed by atoms with Gasteiger partial charge in [0.15, 0.2) is 0 Å². The van der Waals surface area contributed by atoms with Crippen LogP contribution in [0.5, 0.6) is 0 Å². The number of nitrogens with one attached hydrogen (secondary N) is 1. The van der Waals surface area contributed by atoms with Gasteiger partial charge in [-0.25, -0.2) is 0 Å². The van der Waals surface area contributed by atoms with E-state index in [1.807, 2.05) is 23.1 Å². The molecule has 0 aromatic heterocycles. The van der Waals surface area contributed by atoms with Crippen LogP contribution in [0.1, 0.15) is 58.6 Å². The molecule has 1 N–H and O–H groups in total. The van der Waals surface area contributed by atoms with Crippen LogP contribution in [0.2, 0.25) is 0 Å². The first-order chi connectivity index (χ1) is 11.8. The van der Waals surface area contributed by atoms with Crippen LogP contribution in [-0.4, -0.2) is 29.8 Å². The number of rotatable bonds is 5. The van der Waals surface area contributed by atoms with E-state index in [9.17, 15) is 9.59 Å². The fourth-order valence-corrected chi connectivity index (χ4v) is 3.38. The molecular weight excluding hydrogens is 312 g/mol. The molecule has 0 aliphatic carbocycles. The minimum Gasteiger partial charge on any atom is -0.342 e. The highest BCUT2D eigenvalue weighted by atomic mass is 16.2. The van der Waals surface area contributed by atoms with E-state index < -0.39 is 5.41 Å². The molecule has 0 saturated carbocycles. The zero-order valence-electron chi connectivity index (χ0n) is 16.3. The van der Waals surface area contributed by atoms with Crippen LogP contribution in [0.3, 0.4) is 0 Å². The second kappa shape index (κ2) is 8.03. The van der Waals surface area contributed by atoms with Crippen molar-refractivity contribution in [2.24, 2.45) is 11.3 Å². The fraction of sp³-hybridized carbons (Fsp3) is 0.619. The standard InChI is InChI=1S/C21H32N2O2/c1-6-16-9-8-10-17(7-2)18(16)22-19(24)21(4,5)20(25)23-13-11-15(3)12-14-23/h8-10,15H,6-7,11-14H2,1-5H3,(H,22,24). The maximum atomic E-state index is 13.0. The van der Waals surface area contributed by atoms with E-state index in [1.165, 1.54) is 0 Å². The van der Waals surface area contributed by atoms with E-state index in [4.69, 9.17) is 0 Å². The number of carbonyl (C=O) groups is 2. The predicted octanol–water partition coefficient (Wildman–Crippen LogP) is 4.03. The first-order valence-corrected chi connectivity index (χ1v) is 9.52. The van der Waals surface area contributed by atoms with Gasteiger partial charge in [-0.3, -0.25) is 9.59 Å². The maximum Gasteiger partial charge on any atom is 0.239 e. The molecule has 4 nitrogen and oxygen atoms in total. The van der Waals surface area contributed by atoms with Crippen LogP contribution in [0.4, 0.5) is 5.69 Å². The molecule has 25 heavy (non-hydrogen) atoms. The second-order valence-corrected chi connectivity index (χ2v) is 7.71. The molecule has 1 fully saturated rings. The van der Waals surface area contributed by atoms with Gasteiger partial charge in [-0.2, -0.15) is 0 Å². The van der Waals surface area contributed by atoms with Crippen molar-refractivity contribution < 1.29 is 9.59 Å². The number of hydrogen-bond acceptors (Lipinski definition) is 2. The van der Waals surface area contributed by atoms with Crippen molar-refractivity contribution >= 4 is 17.5 Å². The van der Waals surface area contributed by atoms with Gasteiger partial charge in [0.25, 0.3) is 0 Å². The molecule has 4 heteroatoms. The van der Waals surface area contributed by atoms with Gasteiger partial charge in [-0.1, -0.05) is 39.0 Å². The quantitative estimate of drug-likeness (QED) is 0.820. The summed E-state index contributed by atoms with van der Waals surface area (Å²) in [4.78, 5) is 27.7. The maximum absolute atomic E-state index is 13.0. The third kappa shape index (κ3) is 4.23. The van der Waals surface area contributed by atoms with E-state index in [0.717, 1.165) is 55.6 Å². The summed E-state index contributed by atoms with van der Waals surface area (Å²) in [5.74, 6) is 0.375. The van der Waals surface area contributed by atoms with Crippen LogP contribution in [-0.2, 0) is 22.4 Å². The van der Waals surface area contributed by atoms with Gasteiger partial charge in [0, 0.05) is 18.8 Å². The van der Waals surface area contributed by atoms with Gasteiger partial charge in [0.1, 0.15) is 5.41 Å². The first-order valence-electron chi connectivity index (χ1n) is 9.52. The smallest absolute Gasteiger partial charge is 0.239 e. The molecule has 0 unspecified atom stereocenters. The lowest BCUT2D eigenvalue weighted by Crippen LogP contribution is -2.49. The molecule has 2 rings (SSSR count). The van der Waals surface area contributed by atoms with Crippen LogP contribution >= 0.6 is 0 Å². The van der Waals surface area contributed by atoms with Gasteiger partial charge >= 0.3 is 0 Å². The average Bonchev–Trinajstić information content (AvgIpc) is 2.61. The van der Waals surface area contributed by atoms with E-state index in [0.29, 0.717) is 5.92 Å². The molecule has 0 bridgehead atoms. The molecule has 2 amide bonds. The Morgan fingerprint density at radius 3 is 2.12 bits per heavy atom. The number of hydrogen-bond donors (Lipinski definition) is 1. The number of aryl methyl sites for hydroxylation is 2. The van der Waals surface area contributed by atoms with Crippen molar-refractivity contribution in [2.75, 3.05) is 18.4 Å². The number of amides is 2. The zero-order valence-corrected chi connectivity index (χ0v) is 16.3. The van der Waals surface area contributed by atoms with Gasteiger partial charge in [-0.05, 0) is 56.6 Å². The topological polar surface area (TPSA) is 49.4 Å². The van der Waals surface area contributed by atoms with Crippen LogP contribution in [0.15, 0.2) is 18.2 Å².